The zero-order valence-corrected chi connectivity index (χ0v) is 15.3. The van der Waals surface area contributed by atoms with Crippen LogP contribution in [-0.4, -0.2) is 24.2 Å². The Morgan fingerprint density at radius 1 is 0.630 bits per heavy atom. The molecule has 0 amide bonds. The number of nitrogens with one attached hydrogen (secondary N) is 1. The van der Waals surface area contributed by atoms with Crippen LogP contribution in [0.3, 0.4) is 0 Å². The van der Waals surface area contributed by atoms with E-state index in [1.165, 1.54) is 0 Å². The summed E-state index contributed by atoms with van der Waals surface area (Å²) >= 11 is 0. The molecule has 4 rings (SSSR count). The highest BCUT2D eigenvalue weighted by Gasteiger charge is 2.15. The van der Waals surface area contributed by atoms with E-state index in [0.29, 0.717) is 0 Å². The molecular formula is C23H20N2O2. The summed E-state index contributed by atoms with van der Waals surface area (Å²) in [4.78, 5) is 8.39. The van der Waals surface area contributed by atoms with E-state index in [9.17, 15) is 0 Å². The van der Waals surface area contributed by atoms with Crippen molar-refractivity contribution in [1.29, 1.82) is 0 Å². The molecule has 0 unspecified atom stereocenters. The maximum atomic E-state index is 5.28. The van der Waals surface area contributed by atoms with Crippen LogP contribution < -0.4 is 9.47 Å². The Bertz CT molecular complexity index is 955. The number of nitrogens with zero attached hydrogens (tertiary/aromatic N) is 1. The Kier molecular flexibility index (Phi) is 4.62. The minimum absolute atomic E-state index is 0.823. The Hall–Kier alpha value is -3.53. The van der Waals surface area contributed by atoms with Crippen LogP contribution in [0.5, 0.6) is 11.5 Å². The Morgan fingerprint density at radius 2 is 1.19 bits per heavy atom. The second kappa shape index (κ2) is 7.38. The van der Waals surface area contributed by atoms with Crippen LogP contribution in [0, 0.1) is 0 Å². The van der Waals surface area contributed by atoms with Gasteiger partial charge in [-0.2, -0.15) is 0 Å². The summed E-state index contributed by atoms with van der Waals surface area (Å²) in [5.74, 6) is 2.49. The summed E-state index contributed by atoms with van der Waals surface area (Å²) < 4.78 is 10.6. The van der Waals surface area contributed by atoms with E-state index in [2.05, 4.69) is 17.1 Å². The molecule has 0 spiro atoms. The average molecular weight is 356 g/mol. The van der Waals surface area contributed by atoms with Crippen molar-refractivity contribution in [2.24, 2.45) is 0 Å². The van der Waals surface area contributed by atoms with Crippen molar-refractivity contribution >= 4 is 0 Å². The minimum atomic E-state index is 0.823. The van der Waals surface area contributed by atoms with Gasteiger partial charge in [0, 0.05) is 16.7 Å². The molecule has 0 aliphatic rings. The quantitative estimate of drug-likeness (QED) is 0.519. The first kappa shape index (κ1) is 16.9. The Labute approximate surface area is 158 Å². The SMILES string of the molecule is COc1ccc(-c2nc(-c3ccccc3)[nH]c2-c2ccc(OC)cc2)cc1. The van der Waals surface area contributed by atoms with Crippen molar-refractivity contribution < 1.29 is 9.47 Å². The highest BCUT2D eigenvalue weighted by atomic mass is 16.5. The van der Waals surface area contributed by atoms with E-state index in [1.807, 2.05) is 66.7 Å². The molecule has 4 heteroatoms. The van der Waals surface area contributed by atoms with E-state index in [1.54, 1.807) is 14.2 Å². The lowest BCUT2D eigenvalue weighted by molar-refractivity contribution is 0.414. The van der Waals surface area contributed by atoms with Gasteiger partial charge in [0.25, 0.3) is 0 Å². The highest BCUT2D eigenvalue weighted by Crippen LogP contribution is 2.34. The number of rotatable bonds is 5. The fraction of sp³-hybridized carbons (Fsp3) is 0.0870. The average Bonchev–Trinajstić information content (AvgIpc) is 3.20. The Morgan fingerprint density at radius 3 is 1.74 bits per heavy atom. The molecule has 0 atom stereocenters. The maximum Gasteiger partial charge on any atom is 0.138 e. The van der Waals surface area contributed by atoms with Gasteiger partial charge >= 0.3 is 0 Å². The first-order valence-corrected chi connectivity index (χ1v) is 8.73. The second-order valence-corrected chi connectivity index (χ2v) is 6.13. The van der Waals surface area contributed by atoms with Crippen LogP contribution in [0.25, 0.3) is 33.9 Å². The molecule has 3 aromatic carbocycles. The van der Waals surface area contributed by atoms with Crippen LogP contribution in [0.1, 0.15) is 0 Å². The molecule has 0 saturated heterocycles. The van der Waals surface area contributed by atoms with E-state index < -0.39 is 0 Å². The third-order valence-corrected chi connectivity index (χ3v) is 4.49. The number of benzene rings is 3. The van der Waals surface area contributed by atoms with E-state index in [0.717, 1.165) is 45.4 Å². The molecule has 27 heavy (non-hydrogen) atoms. The van der Waals surface area contributed by atoms with Crippen LogP contribution in [0.15, 0.2) is 78.9 Å². The van der Waals surface area contributed by atoms with Crippen molar-refractivity contribution in [3.8, 4) is 45.4 Å². The van der Waals surface area contributed by atoms with Gasteiger partial charge in [-0.15, -0.1) is 0 Å². The van der Waals surface area contributed by atoms with Gasteiger partial charge in [0.05, 0.1) is 25.6 Å². The summed E-state index contributed by atoms with van der Waals surface area (Å²) in [5, 5.41) is 0. The second-order valence-electron chi connectivity index (χ2n) is 6.13. The van der Waals surface area contributed by atoms with Crippen molar-refractivity contribution in [2.75, 3.05) is 14.2 Å². The highest BCUT2D eigenvalue weighted by molar-refractivity contribution is 5.81. The minimum Gasteiger partial charge on any atom is -0.497 e. The third-order valence-electron chi connectivity index (χ3n) is 4.49. The molecule has 134 valence electrons. The smallest absolute Gasteiger partial charge is 0.138 e. The first-order valence-electron chi connectivity index (χ1n) is 8.73. The number of hydrogen-bond acceptors (Lipinski definition) is 3. The van der Waals surface area contributed by atoms with Crippen LogP contribution in [0.4, 0.5) is 0 Å². The van der Waals surface area contributed by atoms with E-state index in [4.69, 9.17) is 14.5 Å². The summed E-state index contributed by atoms with van der Waals surface area (Å²) in [6.07, 6.45) is 0. The van der Waals surface area contributed by atoms with Gasteiger partial charge in [-0.25, -0.2) is 4.98 Å². The molecule has 1 heterocycles. The van der Waals surface area contributed by atoms with Crippen LogP contribution in [0.2, 0.25) is 0 Å². The number of aromatic nitrogens is 2. The topological polar surface area (TPSA) is 47.1 Å². The first-order chi connectivity index (χ1) is 13.3. The van der Waals surface area contributed by atoms with Gasteiger partial charge in [-0.05, 0) is 48.5 Å². The molecule has 0 aliphatic heterocycles. The number of imidazole rings is 1. The molecule has 1 N–H and O–H groups in total. The van der Waals surface area contributed by atoms with E-state index >= 15 is 0 Å². The fourth-order valence-electron chi connectivity index (χ4n) is 3.03. The van der Waals surface area contributed by atoms with Gasteiger partial charge in [0.15, 0.2) is 0 Å². The third kappa shape index (κ3) is 3.42. The van der Waals surface area contributed by atoms with E-state index in [-0.39, 0.29) is 0 Å². The van der Waals surface area contributed by atoms with Gasteiger partial charge in [-0.1, -0.05) is 30.3 Å². The van der Waals surface area contributed by atoms with Crippen molar-refractivity contribution in [3.05, 3.63) is 78.9 Å². The number of aromatic amines is 1. The molecule has 1 aromatic heterocycles. The lowest BCUT2D eigenvalue weighted by atomic mass is 10.0. The van der Waals surface area contributed by atoms with Crippen molar-refractivity contribution in [1.82, 2.24) is 9.97 Å². The molecule has 0 aliphatic carbocycles. The molecule has 0 saturated carbocycles. The van der Waals surface area contributed by atoms with Crippen LogP contribution >= 0.6 is 0 Å². The molecule has 4 aromatic rings. The standard InChI is InChI=1S/C23H20N2O2/c1-26-19-12-8-16(9-13-19)21-22(17-10-14-20(27-2)15-11-17)25-23(24-21)18-6-4-3-5-7-18/h3-15H,1-2H3,(H,24,25). The summed E-state index contributed by atoms with van der Waals surface area (Å²) in [6, 6.07) is 26.1. The van der Waals surface area contributed by atoms with Gasteiger partial charge in [0.1, 0.15) is 17.3 Å². The predicted octanol–water partition coefficient (Wildman–Crippen LogP) is 5.43. The maximum absolute atomic E-state index is 5.28. The monoisotopic (exact) mass is 356 g/mol. The van der Waals surface area contributed by atoms with Crippen molar-refractivity contribution in [2.45, 2.75) is 0 Å². The number of methoxy groups -OCH3 is 2. The lowest BCUT2D eigenvalue weighted by Crippen LogP contribution is -1.87. The zero-order valence-electron chi connectivity index (χ0n) is 15.3. The summed E-state index contributed by atoms with van der Waals surface area (Å²) in [5.41, 5.74) is 5.01. The number of ether oxygens (including phenoxy) is 2. The fourth-order valence-corrected chi connectivity index (χ4v) is 3.03. The molecule has 0 fully saturated rings. The molecule has 0 radical (unpaired) electrons. The molecule has 0 bridgehead atoms. The predicted molar refractivity (Wildman–Crippen MR) is 108 cm³/mol. The summed E-state index contributed by atoms with van der Waals surface area (Å²) in [7, 11) is 3.33. The van der Waals surface area contributed by atoms with Crippen molar-refractivity contribution in [3.63, 3.8) is 0 Å². The molecule has 4 nitrogen and oxygen atoms in total. The lowest BCUT2D eigenvalue weighted by Gasteiger charge is -2.06. The van der Waals surface area contributed by atoms with Gasteiger partial charge < -0.3 is 14.5 Å². The van der Waals surface area contributed by atoms with Gasteiger partial charge in [0.2, 0.25) is 0 Å². The van der Waals surface area contributed by atoms with Gasteiger partial charge in [-0.3, -0.25) is 0 Å². The molecular weight excluding hydrogens is 336 g/mol. The zero-order chi connectivity index (χ0) is 18.6. The van der Waals surface area contributed by atoms with Crippen LogP contribution in [-0.2, 0) is 0 Å². The number of hydrogen-bond donors (Lipinski definition) is 1. The Balaban J connectivity index is 1.85. The normalized spacial score (nSPS) is 10.6. The number of H-pyrrole nitrogens is 1. The largest absolute Gasteiger partial charge is 0.497 e. The summed E-state index contributed by atoms with van der Waals surface area (Å²) in [6.45, 7) is 0.